The summed E-state index contributed by atoms with van der Waals surface area (Å²) < 4.78 is 6.19. The molecule has 3 N–H and O–H groups in total. The molecule has 0 radical (unpaired) electrons. The predicted octanol–water partition coefficient (Wildman–Crippen LogP) is 1.14. The molecule has 1 aromatic carbocycles. The summed E-state index contributed by atoms with van der Waals surface area (Å²) in [6.07, 6.45) is 1.28. The third-order valence-corrected chi connectivity index (χ3v) is 3.29. The summed E-state index contributed by atoms with van der Waals surface area (Å²) in [5, 5.41) is 10.8. The number of nitrogens with zero attached hydrogens (tertiary/aromatic N) is 4. The summed E-state index contributed by atoms with van der Waals surface area (Å²) in [5.74, 6) is 0.856. The van der Waals surface area contributed by atoms with Gasteiger partial charge in [0.1, 0.15) is 12.4 Å². The van der Waals surface area contributed by atoms with Gasteiger partial charge in [0.25, 0.3) is 0 Å². The van der Waals surface area contributed by atoms with E-state index in [4.69, 9.17) is 10.3 Å². The van der Waals surface area contributed by atoms with E-state index in [1.54, 1.807) is 6.07 Å². The number of nitrogens with one attached hydrogen (secondary N) is 1. The van der Waals surface area contributed by atoms with Crippen LogP contribution >= 0.6 is 0 Å². The van der Waals surface area contributed by atoms with E-state index in [1.165, 1.54) is 11.1 Å². The Hall–Kier alpha value is -3.16. The summed E-state index contributed by atoms with van der Waals surface area (Å²) in [4.78, 5) is 15.9. The maximum Gasteiger partial charge on any atom is 0.242 e. The summed E-state index contributed by atoms with van der Waals surface area (Å²) in [6.45, 7) is 2.35. The van der Waals surface area contributed by atoms with Crippen LogP contribution < -0.4 is 11.1 Å². The van der Waals surface area contributed by atoms with E-state index in [0.717, 1.165) is 16.8 Å². The molecule has 0 atom stereocenters. The van der Waals surface area contributed by atoms with Crippen molar-refractivity contribution < 1.29 is 9.32 Å². The molecule has 3 rings (SSSR count). The zero-order valence-corrected chi connectivity index (χ0v) is 12.6. The Balaban J connectivity index is 1.55. The summed E-state index contributed by atoms with van der Waals surface area (Å²) >= 11 is 0. The van der Waals surface area contributed by atoms with E-state index in [9.17, 15) is 4.79 Å². The Morgan fingerprint density at radius 1 is 1.35 bits per heavy atom. The molecule has 0 aliphatic rings. The smallest absolute Gasteiger partial charge is 0.242 e. The van der Waals surface area contributed by atoms with Crippen molar-refractivity contribution in [2.24, 2.45) is 0 Å². The molecular formula is C15H16N6O2. The third kappa shape index (κ3) is 3.54. The van der Waals surface area contributed by atoms with Gasteiger partial charge in [-0.25, -0.2) is 4.68 Å². The van der Waals surface area contributed by atoms with Gasteiger partial charge in [0.05, 0.1) is 5.69 Å². The minimum Gasteiger partial charge on any atom is -0.384 e. The Morgan fingerprint density at radius 2 is 2.13 bits per heavy atom. The van der Waals surface area contributed by atoms with E-state index >= 15 is 0 Å². The first-order chi connectivity index (χ1) is 11.1. The zero-order chi connectivity index (χ0) is 16.2. The Morgan fingerprint density at radius 3 is 2.74 bits per heavy atom. The second kappa shape index (κ2) is 6.30. The number of benzene rings is 1. The van der Waals surface area contributed by atoms with Crippen LogP contribution in [0.1, 0.15) is 11.3 Å². The topological polar surface area (TPSA) is 112 Å². The quantitative estimate of drug-likeness (QED) is 0.730. The monoisotopic (exact) mass is 312 g/mol. The number of rotatable bonds is 5. The molecule has 2 heterocycles. The van der Waals surface area contributed by atoms with Crippen LogP contribution in [0.4, 0.5) is 5.82 Å². The third-order valence-electron chi connectivity index (χ3n) is 3.29. The number of nitrogens with two attached hydrogens (primary N) is 1. The van der Waals surface area contributed by atoms with Crippen LogP contribution in [0, 0.1) is 6.92 Å². The highest BCUT2D eigenvalue weighted by Crippen LogP contribution is 2.15. The van der Waals surface area contributed by atoms with Crippen LogP contribution in [-0.2, 0) is 17.9 Å². The zero-order valence-electron chi connectivity index (χ0n) is 12.6. The number of hydrogen-bond acceptors (Lipinski definition) is 6. The lowest BCUT2D eigenvalue weighted by Gasteiger charge is -2.07. The van der Waals surface area contributed by atoms with Gasteiger partial charge in [0.15, 0.2) is 0 Å². The molecule has 0 unspecified atom stereocenters. The number of hydrogen-bond donors (Lipinski definition) is 2. The first kappa shape index (κ1) is 14.8. The van der Waals surface area contributed by atoms with Crippen molar-refractivity contribution in [3.63, 3.8) is 0 Å². The molecule has 3 aromatic rings. The van der Waals surface area contributed by atoms with Crippen LogP contribution in [0.5, 0.6) is 0 Å². The molecule has 2 aromatic heterocycles. The van der Waals surface area contributed by atoms with Crippen LogP contribution in [0.25, 0.3) is 11.4 Å². The Kier molecular flexibility index (Phi) is 4.05. The second-order valence-electron chi connectivity index (χ2n) is 5.10. The number of aryl methyl sites for hydroxylation is 1. The molecule has 8 nitrogen and oxygen atoms in total. The van der Waals surface area contributed by atoms with E-state index in [-0.39, 0.29) is 12.5 Å². The molecular weight excluding hydrogens is 296 g/mol. The number of amides is 1. The molecule has 0 saturated carbocycles. The van der Waals surface area contributed by atoms with Crippen LogP contribution in [0.3, 0.4) is 0 Å². The maximum absolute atomic E-state index is 11.9. The van der Waals surface area contributed by atoms with Gasteiger partial charge >= 0.3 is 0 Å². The fourth-order valence-corrected chi connectivity index (χ4v) is 2.15. The van der Waals surface area contributed by atoms with Crippen molar-refractivity contribution in [1.82, 2.24) is 25.2 Å². The van der Waals surface area contributed by atoms with Crippen molar-refractivity contribution in [2.75, 3.05) is 5.73 Å². The molecule has 0 bridgehead atoms. The Labute approximate surface area is 132 Å². The predicted molar refractivity (Wildman–Crippen MR) is 83.0 cm³/mol. The van der Waals surface area contributed by atoms with Gasteiger partial charge in [-0.3, -0.25) is 4.79 Å². The number of anilines is 1. The van der Waals surface area contributed by atoms with Crippen LogP contribution in [-0.4, -0.2) is 25.8 Å². The summed E-state index contributed by atoms with van der Waals surface area (Å²) in [6, 6.07) is 9.28. The minimum absolute atomic E-state index is 0.0978. The van der Waals surface area contributed by atoms with Gasteiger partial charge in [-0.2, -0.15) is 10.1 Å². The van der Waals surface area contributed by atoms with E-state index < -0.39 is 0 Å². The molecule has 0 saturated heterocycles. The molecule has 0 aliphatic heterocycles. The lowest BCUT2D eigenvalue weighted by atomic mass is 10.1. The highest BCUT2D eigenvalue weighted by Gasteiger charge is 2.08. The van der Waals surface area contributed by atoms with Gasteiger partial charge in [-0.15, -0.1) is 0 Å². The van der Waals surface area contributed by atoms with Crippen molar-refractivity contribution in [1.29, 1.82) is 0 Å². The number of nitrogen functional groups attached to an aromatic ring is 1. The van der Waals surface area contributed by atoms with E-state index in [2.05, 4.69) is 20.6 Å². The molecule has 118 valence electrons. The SMILES string of the molecule is Cc1cc(N)n(CC(=O)NCc2ccc(-c3ncon3)cc2)n1. The first-order valence-corrected chi connectivity index (χ1v) is 7.04. The highest BCUT2D eigenvalue weighted by atomic mass is 16.5. The lowest BCUT2D eigenvalue weighted by Crippen LogP contribution is -2.28. The molecule has 0 aliphatic carbocycles. The molecule has 0 spiro atoms. The fraction of sp³-hybridized carbons (Fsp3) is 0.200. The molecule has 0 fully saturated rings. The van der Waals surface area contributed by atoms with E-state index in [0.29, 0.717) is 18.2 Å². The lowest BCUT2D eigenvalue weighted by molar-refractivity contribution is -0.122. The molecule has 8 heteroatoms. The van der Waals surface area contributed by atoms with Crippen molar-refractivity contribution >= 4 is 11.7 Å². The summed E-state index contributed by atoms with van der Waals surface area (Å²) in [5.41, 5.74) is 8.37. The maximum atomic E-state index is 11.9. The number of carbonyl (C=O) groups excluding carboxylic acids is 1. The largest absolute Gasteiger partial charge is 0.384 e. The first-order valence-electron chi connectivity index (χ1n) is 7.04. The normalized spacial score (nSPS) is 10.7. The van der Waals surface area contributed by atoms with Crippen molar-refractivity contribution in [3.05, 3.63) is 48.0 Å². The van der Waals surface area contributed by atoms with E-state index in [1.807, 2.05) is 31.2 Å². The highest BCUT2D eigenvalue weighted by molar-refractivity contribution is 5.76. The average Bonchev–Trinajstić information content (AvgIpc) is 3.16. The standard InChI is InChI=1S/C15H16N6O2/c1-10-6-13(16)21(19-10)8-14(22)17-7-11-2-4-12(5-3-11)15-18-9-23-20-15/h2-6,9H,7-8,16H2,1H3,(H,17,22). The van der Waals surface area contributed by atoms with Crippen LogP contribution in [0.15, 0.2) is 41.2 Å². The summed E-state index contributed by atoms with van der Waals surface area (Å²) in [7, 11) is 0. The molecule has 1 amide bonds. The average molecular weight is 312 g/mol. The van der Waals surface area contributed by atoms with Crippen molar-refractivity contribution in [3.8, 4) is 11.4 Å². The van der Waals surface area contributed by atoms with Gasteiger partial charge in [0.2, 0.25) is 18.1 Å². The second-order valence-corrected chi connectivity index (χ2v) is 5.10. The molecule has 23 heavy (non-hydrogen) atoms. The van der Waals surface area contributed by atoms with Crippen molar-refractivity contribution in [2.45, 2.75) is 20.0 Å². The van der Waals surface area contributed by atoms with Gasteiger partial charge in [-0.05, 0) is 12.5 Å². The van der Waals surface area contributed by atoms with Gasteiger partial charge < -0.3 is 15.6 Å². The Bertz CT molecular complexity index is 792. The number of carbonyl (C=O) groups is 1. The fourth-order valence-electron chi connectivity index (χ4n) is 2.15. The van der Waals surface area contributed by atoms with Gasteiger partial charge in [-0.1, -0.05) is 29.4 Å². The van der Waals surface area contributed by atoms with Gasteiger partial charge in [0, 0.05) is 18.2 Å². The van der Waals surface area contributed by atoms with Crippen LogP contribution in [0.2, 0.25) is 0 Å². The number of aromatic nitrogens is 4. The minimum atomic E-state index is -0.151.